The van der Waals surface area contributed by atoms with Gasteiger partial charge in [0.05, 0.1) is 10.8 Å². The molecule has 13 aliphatic rings. The molecule has 0 N–H and O–H groups in total. The van der Waals surface area contributed by atoms with Crippen LogP contribution in [0.5, 0.6) is 0 Å². The van der Waals surface area contributed by atoms with Crippen molar-refractivity contribution in [2.24, 2.45) is 70.0 Å². The van der Waals surface area contributed by atoms with Crippen LogP contribution < -0.4 is 0 Å². The third-order valence-electron chi connectivity index (χ3n) is 14.5. The SMILES string of the molecule is O=C1C2CC3CC(C(=O)OCC4OC5(OC4COC(=O)C46CC7CC(C4)C(=O)C6C7)C4CC6CC(C4)C5C6)(C2)CC13. The molecule has 0 aromatic rings. The molecular weight excluding hydrogens is 524 g/mol. The molecule has 0 radical (unpaired) electrons. The molecule has 1 saturated heterocycles. The van der Waals surface area contributed by atoms with Crippen molar-refractivity contribution in [3.8, 4) is 0 Å². The lowest BCUT2D eigenvalue weighted by molar-refractivity contribution is -0.243. The number of hydrogen-bond acceptors (Lipinski definition) is 8. The zero-order valence-electron chi connectivity index (χ0n) is 23.6. The first-order chi connectivity index (χ1) is 19.8. The molecule has 41 heavy (non-hydrogen) atoms. The van der Waals surface area contributed by atoms with Gasteiger partial charge in [-0.3, -0.25) is 19.2 Å². The Labute approximate surface area is 239 Å². The summed E-state index contributed by atoms with van der Waals surface area (Å²) >= 11 is 0. The quantitative estimate of drug-likeness (QED) is 0.451. The summed E-state index contributed by atoms with van der Waals surface area (Å²) in [5.41, 5.74) is -1.17. The largest absolute Gasteiger partial charge is 0.462 e. The van der Waals surface area contributed by atoms with Gasteiger partial charge in [0.15, 0.2) is 5.79 Å². The molecule has 1 aliphatic heterocycles. The minimum atomic E-state index is -0.666. The van der Waals surface area contributed by atoms with Crippen molar-refractivity contribution in [2.75, 3.05) is 13.2 Å². The second kappa shape index (κ2) is 7.82. The van der Waals surface area contributed by atoms with Crippen LogP contribution in [0, 0.1) is 70.0 Å². The number of ether oxygens (including phenoxy) is 4. The monoisotopic (exact) mass is 564 g/mol. The fraction of sp³-hybridized carbons (Fsp3) is 0.879. The maximum atomic E-state index is 13.6. The zero-order valence-corrected chi connectivity index (χ0v) is 23.6. The van der Waals surface area contributed by atoms with Crippen molar-refractivity contribution in [2.45, 2.75) is 95.0 Å². The van der Waals surface area contributed by atoms with Crippen molar-refractivity contribution < 1.29 is 38.1 Å². The first kappa shape index (κ1) is 24.6. The number of esters is 2. The van der Waals surface area contributed by atoms with Gasteiger partial charge in [-0.05, 0) is 101 Å². The highest BCUT2D eigenvalue weighted by Crippen LogP contribution is 2.67. The Morgan fingerprint density at radius 2 is 1.49 bits per heavy atom. The van der Waals surface area contributed by atoms with E-state index in [2.05, 4.69) is 0 Å². The van der Waals surface area contributed by atoms with E-state index in [4.69, 9.17) is 18.9 Å². The van der Waals surface area contributed by atoms with E-state index in [1.54, 1.807) is 0 Å². The molecule has 13 rings (SSSR count). The van der Waals surface area contributed by atoms with Crippen LogP contribution in [0.25, 0.3) is 0 Å². The topological polar surface area (TPSA) is 105 Å². The second-order valence-corrected chi connectivity index (χ2v) is 16.3. The van der Waals surface area contributed by atoms with Crippen molar-refractivity contribution in [1.82, 2.24) is 0 Å². The third-order valence-corrected chi connectivity index (χ3v) is 14.5. The molecule has 15 unspecified atom stereocenters. The van der Waals surface area contributed by atoms with Crippen molar-refractivity contribution >= 4 is 23.5 Å². The summed E-state index contributed by atoms with van der Waals surface area (Å²) in [4.78, 5) is 52.6. The van der Waals surface area contributed by atoms with E-state index in [1.807, 2.05) is 0 Å². The van der Waals surface area contributed by atoms with Gasteiger partial charge >= 0.3 is 11.9 Å². The number of rotatable bonds is 6. The average Bonchev–Trinajstić information content (AvgIpc) is 3.75. The fourth-order valence-electron chi connectivity index (χ4n) is 13.2. The van der Waals surface area contributed by atoms with Gasteiger partial charge in [0.25, 0.3) is 0 Å². The van der Waals surface area contributed by atoms with Gasteiger partial charge in [0.2, 0.25) is 0 Å². The Morgan fingerprint density at radius 3 is 2.24 bits per heavy atom. The van der Waals surface area contributed by atoms with Crippen LogP contribution in [0.4, 0.5) is 0 Å². The highest BCUT2D eigenvalue weighted by atomic mass is 16.8. The van der Waals surface area contributed by atoms with Crippen LogP contribution in [-0.4, -0.2) is 54.7 Å². The van der Waals surface area contributed by atoms with E-state index < -0.39 is 28.8 Å². The first-order valence-corrected chi connectivity index (χ1v) is 16.5. The van der Waals surface area contributed by atoms with Crippen molar-refractivity contribution in [3.63, 3.8) is 0 Å². The minimum absolute atomic E-state index is 0.0261. The summed E-state index contributed by atoms with van der Waals surface area (Å²) in [5, 5.41) is 0. The molecular formula is C33H40O8. The number of ketones is 2. The van der Waals surface area contributed by atoms with Gasteiger partial charge in [-0.1, -0.05) is 0 Å². The predicted molar refractivity (Wildman–Crippen MR) is 140 cm³/mol. The predicted octanol–water partition coefficient (Wildman–Crippen LogP) is 3.63. The molecule has 12 saturated carbocycles. The van der Waals surface area contributed by atoms with Gasteiger partial charge < -0.3 is 18.9 Å². The summed E-state index contributed by atoms with van der Waals surface area (Å²) in [6.07, 6.45) is 9.76. The van der Waals surface area contributed by atoms with E-state index in [0.717, 1.165) is 57.3 Å². The van der Waals surface area contributed by atoms with Crippen LogP contribution >= 0.6 is 0 Å². The number of carbonyl (C=O) groups is 4. The molecule has 8 heteroatoms. The molecule has 1 heterocycles. The van der Waals surface area contributed by atoms with E-state index in [9.17, 15) is 19.2 Å². The van der Waals surface area contributed by atoms with Gasteiger partial charge in [-0.15, -0.1) is 0 Å². The standard InChI is InChI=1S/C33H40O8/c34-27-20-6-18-9-31(10-20,12-22(18)27)29(36)38-13-25-26(41-33(40-25)21-3-15-1-17(7-21)23(33)4-15)14-39-30(37)32-8-16-2-19(11-32)28(35)24(32)5-16/h15-26H,1-14H2. The molecule has 0 amide bonds. The smallest absolute Gasteiger partial charge is 0.312 e. The normalized spacial score (nSPS) is 57.7. The summed E-state index contributed by atoms with van der Waals surface area (Å²) < 4.78 is 25.8. The Morgan fingerprint density at radius 1 is 0.707 bits per heavy atom. The molecule has 0 aromatic heterocycles. The van der Waals surface area contributed by atoms with Crippen molar-refractivity contribution in [1.29, 1.82) is 0 Å². The Kier molecular flexibility index (Phi) is 4.70. The molecule has 12 aliphatic carbocycles. The molecule has 13 fully saturated rings. The van der Waals surface area contributed by atoms with Gasteiger partial charge in [-0.2, -0.15) is 0 Å². The maximum Gasteiger partial charge on any atom is 0.312 e. The van der Waals surface area contributed by atoms with E-state index in [1.165, 1.54) is 6.42 Å². The fourth-order valence-corrected chi connectivity index (χ4v) is 13.2. The van der Waals surface area contributed by atoms with Crippen LogP contribution in [0.2, 0.25) is 0 Å². The van der Waals surface area contributed by atoms with Crippen molar-refractivity contribution in [3.05, 3.63) is 0 Å². The highest BCUT2D eigenvalue weighted by Gasteiger charge is 2.70. The Bertz CT molecular complexity index is 1270. The third kappa shape index (κ3) is 3.00. The molecule has 0 aromatic carbocycles. The summed E-state index contributed by atoms with van der Waals surface area (Å²) in [5.74, 6) is 2.35. The van der Waals surface area contributed by atoms with Gasteiger partial charge in [0.1, 0.15) is 37.0 Å². The average molecular weight is 565 g/mol. The summed E-state index contributed by atoms with van der Waals surface area (Å²) in [7, 11) is 0. The van der Waals surface area contributed by atoms with Crippen LogP contribution in [0.3, 0.4) is 0 Å². The second-order valence-electron chi connectivity index (χ2n) is 16.3. The molecule has 1 spiro atoms. The number of carbonyl (C=O) groups excluding carboxylic acids is 4. The first-order valence-electron chi connectivity index (χ1n) is 16.5. The molecule has 15 atom stereocenters. The zero-order chi connectivity index (χ0) is 27.5. The lowest BCUT2D eigenvalue weighted by Crippen LogP contribution is -2.45. The minimum Gasteiger partial charge on any atom is -0.462 e. The maximum absolute atomic E-state index is 13.6. The number of Topliss-reactive ketones (excluding diaryl/α,β-unsaturated/α-hetero) is 2. The van der Waals surface area contributed by atoms with Crippen LogP contribution in [-0.2, 0) is 38.1 Å². The lowest BCUT2D eigenvalue weighted by Gasteiger charge is -2.40. The summed E-state index contributed by atoms with van der Waals surface area (Å²) in [6.45, 7) is 0.155. The van der Waals surface area contributed by atoms with E-state index >= 15 is 0 Å². The lowest BCUT2D eigenvalue weighted by atomic mass is 9.69. The Hall–Kier alpha value is -1.80. The van der Waals surface area contributed by atoms with E-state index in [-0.39, 0.29) is 54.6 Å². The van der Waals surface area contributed by atoms with Gasteiger partial charge in [-0.25, -0.2) is 0 Å². The van der Waals surface area contributed by atoms with Gasteiger partial charge in [0, 0.05) is 35.5 Å². The molecule has 12 bridgehead atoms. The van der Waals surface area contributed by atoms with Crippen LogP contribution in [0.1, 0.15) is 77.0 Å². The summed E-state index contributed by atoms with van der Waals surface area (Å²) in [6, 6.07) is 0. The van der Waals surface area contributed by atoms with E-state index in [0.29, 0.717) is 54.6 Å². The number of hydrogen-bond donors (Lipinski definition) is 0. The molecule has 8 nitrogen and oxygen atoms in total. The van der Waals surface area contributed by atoms with Crippen LogP contribution in [0.15, 0.2) is 0 Å². The molecule has 220 valence electrons. The Balaban J connectivity index is 0.873. The highest BCUT2D eigenvalue weighted by molar-refractivity contribution is 5.96.